The average molecular weight is 271 g/mol. The molecule has 1 fully saturated rings. The molecule has 3 amide bonds. The van der Waals surface area contributed by atoms with Crippen LogP contribution in [0.1, 0.15) is 12.8 Å². The second-order valence-corrected chi connectivity index (χ2v) is 4.57. The van der Waals surface area contributed by atoms with E-state index in [1.807, 2.05) is 4.90 Å². The third-order valence-electron chi connectivity index (χ3n) is 2.95. The van der Waals surface area contributed by atoms with Crippen molar-refractivity contribution in [2.24, 2.45) is 5.92 Å². The predicted molar refractivity (Wildman–Crippen MR) is 68.6 cm³/mol. The Morgan fingerprint density at radius 2 is 2.26 bits per heavy atom. The van der Waals surface area contributed by atoms with Crippen LogP contribution in [-0.4, -0.2) is 63.0 Å². The van der Waals surface area contributed by atoms with Gasteiger partial charge in [-0.2, -0.15) is 0 Å². The second kappa shape index (κ2) is 8.60. The molecule has 1 aliphatic rings. The molecule has 1 unspecified atom stereocenters. The maximum Gasteiger partial charge on any atom is 0.321 e. The van der Waals surface area contributed by atoms with Crippen molar-refractivity contribution in [1.82, 2.24) is 15.5 Å². The number of imide groups is 1. The van der Waals surface area contributed by atoms with Gasteiger partial charge in [0.2, 0.25) is 5.91 Å². The first-order chi connectivity index (χ1) is 9.15. The standard InChI is InChI=1S/C12H21N3O4/c1-19-6-4-13-12(18)14-11(17)8-15-5-2-3-10(7-15)9-16/h9-10H,2-8H2,1H3,(H2,13,14,17,18). The number of urea groups is 1. The monoisotopic (exact) mass is 271 g/mol. The van der Waals surface area contributed by atoms with Gasteiger partial charge >= 0.3 is 6.03 Å². The number of nitrogens with zero attached hydrogens (tertiary/aromatic N) is 1. The Balaban J connectivity index is 2.22. The number of likely N-dealkylation sites (tertiary alicyclic amines) is 1. The quantitative estimate of drug-likeness (QED) is 0.496. The predicted octanol–water partition coefficient (Wildman–Crippen LogP) is -0.630. The van der Waals surface area contributed by atoms with E-state index in [-0.39, 0.29) is 18.4 Å². The van der Waals surface area contributed by atoms with Crippen LogP contribution in [0.4, 0.5) is 4.79 Å². The van der Waals surface area contributed by atoms with E-state index in [4.69, 9.17) is 4.74 Å². The summed E-state index contributed by atoms with van der Waals surface area (Å²) in [5.41, 5.74) is 0. The zero-order valence-corrected chi connectivity index (χ0v) is 11.2. The molecule has 1 rings (SSSR count). The van der Waals surface area contributed by atoms with Crippen molar-refractivity contribution in [2.45, 2.75) is 12.8 Å². The maximum absolute atomic E-state index is 11.6. The van der Waals surface area contributed by atoms with Crippen molar-refractivity contribution in [3.05, 3.63) is 0 Å². The zero-order chi connectivity index (χ0) is 14.1. The van der Waals surface area contributed by atoms with Crippen LogP contribution in [0.5, 0.6) is 0 Å². The molecule has 2 N–H and O–H groups in total. The van der Waals surface area contributed by atoms with Crippen molar-refractivity contribution < 1.29 is 19.1 Å². The summed E-state index contributed by atoms with van der Waals surface area (Å²) in [7, 11) is 1.53. The molecule has 1 atom stereocenters. The van der Waals surface area contributed by atoms with Crippen LogP contribution in [0.3, 0.4) is 0 Å². The second-order valence-electron chi connectivity index (χ2n) is 4.57. The molecule has 0 aliphatic carbocycles. The van der Waals surface area contributed by atoms with E-state index in [0.717, 1.165) is 25.7 Å². The third kappa shape index (κ3) is 6.30. The summed E-state index contributed by atoms with van der Waals surface area (Å²) in [4.78, 5) is 35.5. The number of rotatable bonds is 6. The minimum atomic E-state index is -0.522. The summed E-state index contributed by atoms with van der Waals surface area (Å²) in [5, 5.41) is 4.75. The van der Waals surface area contributed by atoms with E-state index < -0.39 is 6.03 Å². The van der Waals surface area contributed by atoms with Gasteiger partial charge in [0.05, 0.1) is 13.2 Å². The number of carbonyl (C=O) groups is 3. The Hall–Kier alpha value is -1.47. The molecular weight excluding hydrogens is 250 g/mol. The Kier molecular flexibility index (Phi) is 7.06. The van der Waals surface area contributed by atoms with Gasteiger partial charge in [-0.15, -0.1) is 0 Å². The molecule has 7 nitrogen and oxygen atoms in total. The first-order valence-corrected chi connectivity index (χ1v) is 6.40. The molecule has 7 heteroatoms. The van der Waals surface area contributed by atoms with Crippen LogP contribution in [0.2, 0.25) is 0 Å². The Morgan fingerprint density at radius 1 is 1.47 bits per heavy atom. The molecule has 0 radical (unpaired) electrons. The summed E-state index contributed by atoms with van der Waals surface area (Å²) >= 11 is 0. The number of hydrogen-bond donors (Lipinski definition) is 2. The Labute approximate surface area is 112 Å². The molecular formula is C12H21N3O4. The molecule has 0 spiro atoms. The molecule has 0 aromatic heterocycles. The van der Waals surface area contributed by atoms with E-state index in [0.29, 0.717) is 19.7 Å². The molecule has 19 heavy (non-hydrogen) atoms. The highest BCUT2D eigenvalue weighted by Gasteiger charge is 2.21. The summed E-state index contributed by atoms with van der Waals surface area (Å²) in [6.45, 7) is 2.26. The molecule has 1 heterocycles. The summed E-state index contributed by atoms with van der Waals surface area (Å²) in [6.07, 6.45) is 2.71. The lowest BCUT2D eigenvalue weighted by Crippen LogP contribution is -2.47. The van der Waals surface area contributed by atoms with Gasteiger partial charge in [-0.05, 0) is 19.4 Å². The van der Waals surface area contributed by atoms with E-state index in [2.05, 4.69) is 10.6 Å². The molecule has 0 aromatic rings. The molecule has 108 valence electrons. The topological polar surface area (TPSA) is 87.7 Å². The minimum absolute atomic E-state index is 0.00270. The van der Waals surface area contributed by atoms with Crippen molar-refractivity contribution in [3.8, 4) is 0 Å². The van der Waals surface area contributed by atoms with Crippen LogP contribution in [0.25, 0.3) is 0 Å². The fourth-order valence-electron chi connectivity index (χ4n) is 2.03. The number of methoxy groups -OCH3 is 1. The Bertz CT molecular complexity index is 322. The van der Waals surface area contributed by atoms with Crippen molar-refractivity contribution in [3.63, 3.8) is 0 Å². The van der Waals surface area contributed by atoms with E-state index >= 15 is 0 Å². The smallest absolute Gasteiger partial charge is 0.321 e. The summed E-state index contributed by atoms with van der Waals surface area (Å²) < 4.78 is 4.77. The first kappa shape index (κ1) is 15.6. The number of piperidine rings is 1. The highest BCUT2D eigenvalue weighted by Crippen LogP contribution is 2.13. The van der Waals surface area contributed by atoms with Crippen LogP contribution in [0.15, 0.2) is 0 Å². The number of nitrogens with one attached hydrogen (secondary N) is 2. The van der Waals surface area contributed by atoms with Gasteiger partial charge in [0.25, 0.3) is 0 Å². The van der Waals surface area contributed by atoms with Gasteiger partial charge in [-0.1, -0.05) is 0 Å². The minimum Gasteiger partial charge on any atom is -0.383 e. The number of ether oxygens (including phenoxy) is 1. The van der Waals surface area contributed by atoms with Crippen molar-refractivity contribution in [1.29, 1.82) is 0 Å². The highest BCUT2D eigenvalue weighted by molar-refractivity contribution is 5.95. The van der Waals surface area contributed by atoms with Crippen LogP contribution < -0.4 is 10.6 Å². The molecule has 0 bridgehead atoms. The number of amides is 3. The fraction of sp³-hybridized carbons (Fsp3) is 0.750. The summed E-state index contributed by atoms with van der Waals surface area (Å²) in [6, 6.07) is -0.522. The van der Waals surface area contributed by atoms with Gasteiger partial charge in [-0.25, -0.2) is 4.79 Å². The van der Waals surface area contributed by atoms with Gasteiger partial charge in [0.1, 0.15) is 6.29 Å². The average Bonchev–Trinajstić information content (AvgIpc) is 2.39. The summed E-state index contributed by atoms with van der Waals surface area (Å²) in [5.74, 6) is -0.362. The van der Waals surface area contributed by atoms with Gasteiger partial charge in [-0.3, -0.25) is 15.0 Å². The lowest BCUT2D eigenvalue weighted by molar-refractivity contribution is -0.122. The maximum atomic E-state index is 11.6. The molecule has 0 aromatic carbocycles. The zero-order valence-electron chi connectivity index (χ0n) is 11.2. The van der Waals surface area contributed by atoms with E-state index in [1.54, 1.807) is 0 Å². The lowest BCUT2D eigenvalue weighted by Gasteiger charge is -2.29. The van der Waals surface area contributed by atoms with E-state index in [1.165, 1.54) is 7.11 Å². The number of carbonyl (C=O) groups excluding carboxylic acids is 3. The van der Waals surface area contributed by atoms with Crippen LogP contribution >= 0.6 is 0 Å². The number of aldehydes is 1. The van der Waals surface area contributed by atoms with Gasteiger partial charge in [0.15, 0.2) is 0 Å². The number of hydrogen-bond acceptors (Lipinski definition) is 5. The fourth-order valence-corrected chi connectivity index (χ4v) is 2.03. The van der Waals surface area contributed by atoms with Crippen LogP contribution in [0, 0.1) is 5.92 Å². The normalized spacial score (nSPS) is 19.7. The van der Waals surface area contributed by atoms with E-state index in [9.17, 15) is 14.4 Å². The SMILES string of the molecule is COCCNC(=O)NC(=O)CN1CCCC(C=O)C1. The highest BCUT2D eigenvalue weighted by atomic mass is 16.5. The van der Waals surface area contributed by atoms with Crippen molar-refractivity contribution >= 4 is 18.2 Å². The van der Waals surface area contributed by atoms with Gasteiger partial charge < -0.3 is 14.8 Å². The first-order valence-electron chi connectivity index (χ1n) is 6.40. The molecule has 1 saturated heterocycles. The Morgan fingerprint density at radius 3 is 2.95 bits per heavy atom. The molecule has 0 saturated carbocycles. The third-order valence-corrected chi connectivity index (χ3v) is 2.95. The molecule has 1 aliphatic heterocycles. The van der Waals surface area contributed by atoms with Crippen molar-refractivity contribution in [2.75, 3.05) is 39.9 Å². The van der Waals surface area contributed by atoms with Gasteiger partial charge in [0, 0.05) is 26.1 Å². The van der Waals surface area contributed by atoms with Crippen LogP contribution in [-0.2, 0) is 14.3 Å². The largest absolute Gasteiger partial charge is 0.383 e. The lowest BCUT2D eigenvalue weighted by atomic mass is 10.00.